The van der Waals surface area contributed by atoms with Crippen molar-refractivity contribution in [2.24, 2.45) is 11.3 Å². The molecule has 1 saturated carbocycles. The third-order valence-electron chi connectivity index (χ3n) is 11.7. The van der Waals surface area contributed by atoms with Gasteiger partial charge in [-0.15, -0.1) is 0 Å². The van der Waals surface area contributed by atoms with Crippen molar-refractivity contribution in [2.45, 2.75) is 95.7 Å². The van der Waals surface area contributed by atoms with Gasteiger partial charge in [0.15, 0.2) is 17.4 Å². The van der Waals surface area contributed by atoms with Crippen LogP contribution in [-0.4, -0.2) is 52.2 Å². The third kappa shape index (κ3) is 7.30. The van der Waals surface area contributed by atoms with Gasteiger partial charge >= 0.3 is 0 Å². The van der Waals surface area contributed by atoms with Crippen LogP contribution in [0.15, 0.2) is 78.4 Å². The molecule has 0 radical (unpaired) electrons. The summed E-state index contributed by atoms with van der Waals surface area (Å²) in [4.78, 5) is 16.5. The van der Waals surface area contributed by atoms with Gasteiger partial charge in [0.2, 0.25) is 0 Å². The molecule has 0 unspecified atom stereocenters. The fraction of sp³-hybridized carbons (Fsp3) is 0.488. The summed E-state index contributed by atoms with van der Waals surface area (Å²) >= 11 is 0. The van der Waals surface area contributed by atoms with Crippen LogP contribution < -0.4 is 0 Å². The van der Waals surface area contributed by atoms with Crippen LogP contribution in [0.5, 0.6) is 0 Å². The van der Waals surface area contributed by atoms with E-state index in [0.717, 1.165) is 81.3 Å². The predicted molar refractivity (Wildman–Crippen MR) is 183 cm³/mol. The van der Waals surface area contributed by atoms with E-state index in [-0.39, 0.29) is 17.3 Å². The number of fused-ring (bicyclic) bond motifs is 8. The van der Waals surface area contributed by atoms with Gasteiger partial charge in [-0.2, -0.15) is 0 Å². The maximum Gasteiger partial charge on any atom is 0.193 e. The van der Waals surface area contributed by atoms with Crippen molar-refractivity contribution in [3.63, 3.8) is 0 Å². The first-order valence-corrected chi connectivity index (χ1v) is 17.5. The second kappa shape index (κ2) is 14.1. The molecular formula is C41H49F2NO3. The molecule has 0 amide bonds. The van der Waals surface area contributed by atoms with Crippen molar-refractivity contribution in [3.05, 3.63) is 118 Å². The van der Waals surface area contributed by atoms with Crippen LogP contribution in [0.4, 0.5) is 8.78 Å². The van der Waals surface area contributed by atoms with Crippen LogP contribution in [0.25, 0.3) is 0 Å². The van der Waals surface area contributed by atoms with Gasteiger partial charge in [-0.3, -0.25) is 4.79 Å². The van der Waals surface area contributed by atoms with Gasteiger partial charge in [0.1, 0.15) is 0 Å². The number of benzene rings is 3. The Balaban J connectivity index is 1.31. The molecule has 4 nitrogen and oxygen atoms in total. The fourth-order valence-electron chi connectivity index (χ4n) is 8.66. The van der Waals surface area contributed by atoms with E-state index in [4.69, 9.17) is 0 Å². The molecule has 2 N–H and O–H groups in total. The molecule has 0 aromatic heterocycles. The molecule has 7 rings (SSSR count). The van der Waals surface area contributed by atoms with Crippen LogP contribution in [0.1, 0.15) is 104 Å². The molecule has 2 fully saturated rings. The van der Waals surface area contributed by atoms with E-state index in [9.17, 15) is 23.8 Å². The summed E-state index contributed by atoms with van der Waals surface area (Å²) < 4.78 is 28.1. The Labute approximate surface area is 278 Å². The number of carbonyl (C=O) groups is 1. The average molecular weight is 642 g/mol. The lowest BCUT2D eigenvalue weighted by Gasteiger charge is -2.47. The van der Waals surface area contributed by atoms with Crippen molar-refractivity contribution < 1.29 is 23.8 Å². The summed E-state index contributed by atoms with van der Waals surface area (Å²) in [6, 6.07) is 19.8. The number of rotatable bonds is 6. The standard InChI is InChI=1S/C41H49F2NO3/c1-28-7-6-19-40(2)36(16-20-41(40,47)27-44-21-17-30(18-22-44)23-29-8-4-3-5-9-29)34-14-11-31(24-33(45)13-10-28)25-35(34)39(46)32-12-15-37(42)38(43)26-32/h3-5,7-9,11-12,14-15,25-26,30,33,36,45,47H,6,10,13,16-24,27H2,1-2H3/t33-,36-,40-,41+/m0/s1. The van der Waals surface area contributed by atoms with Crippen LogP contribution in [0.3, 0.4) is 0 Å². The number of piperidine rings is 1. The van der Waals surface area contributed by atoms with Crippen molar-refractivity contribution >= 4 is 5.78 Å². The summed E-state index contributed by atoms with van der Waals surface area (Å²) in [5, 5.41) is 23.5. The molecule has 3 aromatic carbocycles. The van der Waals surface area contributed by atoms with Crippen molar-refractivity contribution in [2.75, 3.05) is 19.6 Å². The van der Waals surface area contributed by atoms with Crippen molar-refractivity contribution in [1.29, 1.82) is 0 Å². The number of carbonyl (C=O) groups excluding carboxylic acids is 1. The number of halogens is 2. The Morgan fingerprint density at radius 1 is 0.936 bits per heavy atom. The maximum absolute atomic E-state index is 14.3. The highest BCUT2D eigenvalue weighted by Crippen LogP contribution is 2.59. The highest BCUT2D eigenvalue weighted by Gasteiger charge is 2.57. The molecule has 4 atom stereocenters. The second-order valence-electron chi connectivity index (χ2n) is 14.8. The van der Waals surface area contributed by atoms with E-state index in [1.807, 2.05) is 18.2 Å². The van der Waals surface area contributed by atoms with Crippen molar-refractivity contribution in [3.8, 4) is 0 Å². The Bertz CT molecular complexity index is 1600. The molecule has 6 heteroatoms. The van der Waals surface area contributed by atoms with E-state index < -0.39 is 28.8 Å². The SMILES string of the molecule is CC1=CCC[C@@]2(C)[C@@H](CC[C@@]2(O)CN2CCC(Cc3ccccc3)CC2)c2ccc(cc2C(=O)c2ccc(F)c(F)c2)C[C@@H](O)CC1. The smallest absolute Gasteiger partial charge is 0.193 e. The van der Waals surface area contributed by atoms with Gasteiger partial charge in [0, 0.05) is 23.1 Å². The summed E-state index contributed by atoms with van der Waals surface area (Å²) in [6.45, 7) is 6.82. The molecule has 0 spiro atoms. The van der Waals surface area contributed by atoms with Gasteiger partial charge < -0.3 is 15.1 Å². The van der Waals surface area contributed by atoms with Crippen molar-refractivity contribution in [1.82, 2.24) is 4.90 Å². The Kier molecular flexibility index (Phi) is 10.1. The molecule has 2 bridgehead atoms. The molecule has 1 aliphatic heterocycles. The van der Waals surface area contributed by atoms with E-state index in [1.54, 1.807) is 0 Å². The lowest BCUT2D eigenvalue weighted by atomic mass is 9.64. The molecule has 1 heterocycles. The Hall–Kier alpha value is -3.19. The number of hydrogen-bond donors (Lipinski definition) is 2. The van der Waals surface area contributed by atoms with Gasteiger partial charge in [0.25, 0.3) is 0 Å². The van der Waals surface area contributed by atoms with E-state index >= 15 is 0 Å². The van der Waals surface area contributed by atoms with Crippen LogP contribution >= 0.6 is 0 Å². The van der Waals surface area contributed by atoms with E-state index in [0.29, 0.717) is 37.3 Å². The minimum atomic E-state index is -1.05. The summed E-state index contributed by atoms with van der Waals surface area (Å²) in [5.74, 6) is -1.88. The molecule has 4 aliphatic rings. The number of aliphatic hydroxyl groups excluding tert-OH is 1. The molecule has 1 saturated heterocycles. The highest BCUT2D eigenvalue weighted by atomic mass is 19.2. The zero-order chi connectivity index (χ0) is 33.2. The molecule has 3 aromatic rings. The Morgan fingerprint density at radius 2 is 1.70 bits per heavy atom. The maximum atomic E-state index is 14.3. The Morgan fingerprint density at radius 3 is 2.45 bits per heavy atom. The first-order chi connectivity index (χ1) is 22.5. The monoisotopic (exact) mass is 641 g/mol. The van der Waals surface area contributed by atoms with Crippen LogP contribution in [-0.2, 0) is 12.8 Å². The average Bonchev–Trinajstić information content (AvgIpc) is 3.31. The third-order valence-corrected chi connectivity index (χ3v) is 11.7. The number of likely N-dealkylation sites (tertiary alicyclic amines) is 1. The summed E-state index contributed by atoms with van der Waals surface area (Å²) in [5.41, 5.74) is 3.36. The number of hydrogen-bond acceptors (Lipinski definition) is 4. The largest absolute Gasteiger partial charge is 0.393 e. The normalized spacial score (nSPS) is 27.7. The van der Waals surface area contributed by atoms with Gasteiger partial charge in [-0.05, 0) is 137 Å². The molecule has 3 aliphatic carbocycles. The second-order valence-corrected chi connectivity index (χ2v) is 14.8. The lowest BCUT2D eigenvalue weighted by Crippen LogP contribution is -2.53. The zero-order valence-corrected chi connectivity index (χ0v) is 27.9. The number of ketones is 1. The number of nitrogens with zero attached hydrogens (tertiary/aromatic N) is 1. The van der Waals surface area contributed by atoms with E-state index in [2.05, 4.69) is 55.2 Å². The first kappa shape index (κ1) is 33.7. The predicted octanol–water partition coefficient (Wildman–Crippen LogP) is 8.19. The quantitative estimate of drug-likeness (QED) is 0.211. The van der Waals surface area contributed by atoms with Crippen LogP contribution in [0, 0.1) is 23.0 Å². The van der Waals surface area contributed by atoms with Gasteiger partial charge in [-0.25, -0.2) is 8.78 Å². The minimum absolute atomic E-state index is 0.0934. The molecule has 47 heavy (non-hydrogen) atoms. The number of allylic oxidation sites excluding steroid dienone is 2. The minimum Gasteiger partial charge on any atom is -0.393 e. The fourth-order valence-corrected chi connectivity index (χ4v) is 8.66. The summed E-state index contributed by atoms with van der Waals surface area (Å²) in [6.07, 6.45) is 9.68. The topological polar surface area (TPSA) is 60.8 Å². The van der Waals surface area contributed by atoms with Gasteiger partial charge in [-0.1, -0.05) is 61.0 Å². The molecule has 250 valence electrons. The number of aliphatic hydroxyl groups is 2. The number of β-amino-alcohol motifs (C(OH)–C–C–N with tert-alkyl or cyclic N) is 1. The lowest BCUT2D eigenvalue weighted by molar-refractivity contribution is -0.0873. The summed E-state index contributed by atoms with van der Waals surface area (Å²) in [7, 11) is 0. The van der Waals surface area contributed by atoms with Gasteiger partial charge in [0.05, 0.1) is 11.7 Å². The van der Waals surface area contributed by atoms with E-state index in [1.165, 1.54) is 17.2 Å². The first-order valence-electron chi connectivity index (χ1n) is 17.5. The van der Waals surface area contributed by atoms with Crippen LogP contribution in [0.2, 0.25) is 0 Å². The molecular weight excluding hydrogens is 592 g/mol. The highest BCUT2D eigenvalue weighted by molar-refractivity contribution is 6.10. The zero-order valence-electron chi connectivity index (χ0n) is 27.9.